The van der Waals surface area contributed by atoms with Crippen LogP contribution < -0.4 is 9.44 Å². The van der Waals surface area contributed by atoms with Crippen LogP contribution in [0.1, 0.15) is 5.56 Å². The van der Waals surface area contributed by atoms with Crippen LogP contribution in [0.25, 0.3) is 16.9 Å². The van der Waals surface area contributed by atoms with Gasteiger partial charge in [0.05, 0.1) is 26.9 Å². The van der Waals surface area contributed by atoms with E-state index in [9.17, 15) is 16.8 Å². The first-order valence-electron chi connectivity index (χ1n) is 11.6. The molecule has 4 aromatic carbocycles. The minimum atomic E-state index is -4.47. The molecule has 0 bridgehead atoms. The fourth-order valence-electron chi connectivity index (χ4n) is 3.97. The van der Waals surface area contributed by atoms with Crippen LogP contribution in [-0.4, -0.2) is 26.6 Å². The molecule has 0 atom stereocenters. The van der Waals surface area contributed by atoms with Crippen LogP contribution in [0, 0.1) is 6.92 Å². The molecule has 1 heterocycles. The summed E-state index contributed by atoms with van der Waals surface area (Å²) in [5, 5.41) is 4.59. The number of nitrogens with two attached hydrogens (primary N) is 1. The zero-order chi connectivity index (χ0) is 26.9. The topological polar surface area (TPSA) is 115 Å². The molecule has 0 saturated carbocycles. The number of nitrogens with zero attached hydrogens (tertiary/aromatic N) is 3. The summed E-state index contributed by atoms with van der Waals surface area (Å²) in [7, 11) is -8.95. The number of hydrogen-bond donors (Lipinski definition) is 1. The quantitative estimate of drug-likeness (QED) is 0.308. The average Bonchev–Trinajstić information content (AvgIpc) is 3.32. The van der Waals surface area contributed by atoms with Crippen molar-refractivity contribution >= 4 is 31.6 Å². The van der Waals surface area contributed by atoms with Gasteiger partial charge < -0.3 is 5.73 Å². The number of sulfonamides is 2. The molecular weight excluding hydrogens is 520 g/mol. The van der Waals surface area contributed by atoms with Crippen molar-refractivity contribution < 1.29 is 16.8 Å². The Kier molecular flexibility index (Phi) is 6.52. The van der Waals surface area contributed by atoms with Crippen molar-refractivity contribution in [2.45, 2.75) is 16.7 Å². The molecule has 10 heteroatoms. The molecule has 0 radical (unpaired) electrons. The molecule has 0 amide bonds. The predicted molar refractivity (Wildman–Crippen MR) is 148 cm³/mol. The average molecular weight is 545 g/mol. The van der Waals surface area contributed by atoms with Gasteiger partial charge in [-0.1, -0.05) is 66.2 Å². The SMILES string of the molecule is Cc1ccc(-n2nc(-c3ccc(N(S(=O)(=O)c4ccccc4)S(=O)(=O)c4ccccc4)cc3)cc2N)cc1. The van der Waals surface area contributed by atoms with Crippen molar-refractivity contribution in [3.63, 3.8) is 0 Å². The first-order chi connectivity index (χ1) is 18.2. The lowest BCUT2D eigenvalue weighted by Crippen LogP contribution is -2.37. The molecule has 1 aromatic heterocycles. The number of aryl methyl sites for hydroxylation is 1. The van der Waals surface area contributed by atoms with Gasteiger partial charge in [0.1, 0.15) is 5.82 Å². The molecule has 192 valence electrons. The zero-order valence-corrected chi connectivity index (χ0v) is 22.0. The van der Waals surface area contributed by atoms with E-state index < -0.39 is 20.0 Å². The molecular formula is C28H24N4O4S2. The standard InChI is InChI=1S/C28H24N4O4S2/c1-21-12-16-23(17-13-21)31-28(29)20-27(30-31)22-14-18-24(19-15-22)32(37(33,34)25-8-4-2-5-9-25)38(35,36)26-10-6-3-7-11-26/h2-20H,29H2,1H3. The van der Waals surface area contributed by atoms with Crippen molar-refractivity contribution in [3.8, 4) is 16.9 Å². The number of nitrogen functional groups attached to an aromatic ring is 1. The summed E-state index contributed by atoms with van der Waals surface area (Å²) in [6.45, 7) is 1.99. The second-order valence-corrected chi connectivity index (χ2v) is 12.4. The third kappa shape index (κ3) is 4.67. The Morgan fingerprint density at radius 2 is 1.18 bits per heavy atom. The summed E-state index contributed by atoms with van der Waals surface area (Å²) >= 11 is 0. The van der Waals surface area contributed by atoms with E-state index in [1.807, 2.05) is 31.2 Å². The van der Waals surface area contributed by atoms with Gasteiger partial charge in [-0.25, -0.2) is 21.5 Å². The fraction of sp³-hybridized carbons (Fsp3) is 0.0357. The van der Waals surface area contributed by atoms with Crippen molar-refractivity contribution in [2.24, 2.45) is 0 Å². The summed E-state index contributed by atoms with van der Waals surface area (Å²) in [4.78, 5) is -0.290. The van der Waals surface area contributed by atoms with Gasteiger partial charge >= 0.3 is 0 Å². The molecule has 38 heavy (non-hydrogen) atoms. The lowest BCUT2D eigenvalue weighted by molar-refractivity contribution is 0.584. The summed E-state index contributed by atoms with van der Waals surface area (Å²) in [6, 6.07) is 30.5. The second-order valence-electron chi connectivity index (χ2n) is 8.58. The van der Waals surface area contributed by atoms with Crippen LogP contribution in [-0.2, 0) is 20.0 Å². The van der Waals surface area contributed by atoms with E-state index in [-0.39, 0.29) is 15.5 Å². The van der Waals surface area contributed by atoms with Gasteiger partial charge in [-0.05, 0) is 55.5 Å². The number of anilines is 2. The smallest absolute Gasteiger partial charge is 0.277 e. The second kappa shape index (κ2) is 9.81. The summed E-state index contributed by atoms with van der Waals surface area (Å²) in [5.41, 5.74) is 9.27. The molecule has 0 aliphatic rings. The van der Waals surface area contributed by atoms with E-state index in [1.54, 1.807) is 35.0 Å². The Morgan fingerprint density at radius 1 is 0.684 bits per heavy atom. The maximum absolute atomic E-state index is 13.7. The van der Waals surface area contributed by atoms with E-state index in [4.69, 9.17) is 5.73 Å². The molecule has 0 aliphatic carbocycles. The number of aromatic nitrogens is 2. The Bertz CT molecular complexity index is 1720. The van der Waals surface area contributed by atoms with Gasteiger partial charge in [-0.2, -0.15) is 8.81 Å². The third-order valence-electron chi connectivity index (χ3n) is 5.91. The molecule has 0 aliphatic heterocycles. The number of rotatable bonds is 7. The van der Waals surface area contributed by atoms with Crippen LogP contribution in [0.5, 0.6) is 0 Å². The van der Waals surface area contributed by atoms with E-state index >= 15 is 0 Å². The van der Waals surface area contributed by atoms with Gasteiger partial charge in [0, 0.05) is 11.6 Å². The van der Waals surface area contributed by atoms with Crippen molar-refractivity contribution in [1.82, 2.24) is 9.78 Å². The minimum Gasteiger partial charge on any atom is -0.384 e. The fourth-order valence-corrected chi connectivity index (χ4v) is 7.70. The lowest BCUT2D eigenvalue weighted by atomic mass is 10.1. The van der Waals surface area contributed by atoms with E-state index in [1.165, 1.54) is 60.7 Å². The van der Waals surface area contributed by atoms with E-state index in [0.717, 1.165) is 11.3 Å². The summed E-state index contributed by atoms with van der Waals surface area (Å²) in [6.07, 6.45) is 0. The third-order valence-corrected chi connectivity index (χ3v) is 10.1. The van der Waals surface area contributed by atoms with Gasteiger partial charge in [-0.15, -0.1) is 0 Å². The lowest BCUT2D eigenvalue weighted by Gasteiger charge is -2.24. The first-order valence-corrected chi connectivity index (χ1v) is 14.5. The highest BCUT2D eigenvalue weighted by Crippen LogP contribution is 2.33. The van der Waals surface area contributed by atoms with Crippen molar-refractivity contribution in [1.29, 1.82) is 0 Å². The Labute approximate surface area is 221 Å². The Morgan fingerprint density at radius 3 is 1.68 bits per heavy atom. The van der Waals surface area contributed by atoms with Crippen LogP contribution in [0.15, 0.2) is 125 Å². The van der Waals surface area contributed by atoms with Gasteiger partial charge in [0.15, 0.2) is 0 Å². The van der Waals surface area contributed by atoms with Crippen LogP contribution >= 0.6 is 0 Å². The van der Waals surface area contributed by atoms with E-state index in [2.05, 4.69) is 5.10 Å². The van der Waals surface area contributed by atoms with Gasteiger partial charge in [0.2, 0.25) is 0 Å². The predicted octanol–water partition coefficient (Wildman–Crippen LogP) is 5.01. The molecule has 0 unspecified atom stereocenters. The first kappa shape index (κ1) is 25.2. The Balaban J connectivity index is 1.58. The molecule has 5 rings (SSSR count). The van der Waals surface area contributed by atoms with Crippen LogP contribution in [0.2, 0.25) is 0 Å². The van der Waals surface area contributed by atoms with Crippen molar-refractivity contribution in [2.75, 3.05) is 9.44 Å². The molecule has 0 saturated heterocycles. The molecule has 2 N–H and O–H groups in total. The Hall–Kier alpha value is -4.41. The molecule has 0 fully saturated rings. The van der Waals surface area contributed by atoms with Crippen molar-refractivity contribution in [3.05, 3.63) is 121 Å². The summed E-state index contributed by atoms with van der Waals surface area (Å²) in [5.74, 6) is 0.424. The van der Waals surface area contributed by atoms with Crippen LogP contribution in [0.3, 0.4) is 0 Å². The molecule has 8 nitrogen and oxygen atoms in total. The normalized spacial score (nSPS) is 11.8. The number of hydrogen-bond acceptors (Lipinski definition) is 6. The van der Waals surface area contributed by atoms with Gasteiger partial charge in [0.25, 0.3) is 20.0 Å². The molecule has 0 spiro atoms. The maximum atomic E-state index is 13.7. The molecule has 5 aromatic rings. The largest absolute Gasteiger partial charge is 0.384 e. The summed E-state index contributed by atoms with van der Waals surface area (Å²) < 4.78 is 56.7. The zero-order valence-electron chi connectivity index (χ0n) is 20.3. The highest BCUT2D eigenvalue weighted by Gasteiger charge is 2.36. The number of benzene rings is 4. The monoisotopic (exact) mass is 544 g/mol. The minimum absolute atomic E-state index is 0.0348. The highest BCUT2D eigenvalue weighted by atomic mass is 32.3. The van der Waals surface area contributed by atoms with E-state index in [0.29, 0.717) is 20.8 Å². The van der Waals surface area contributed by atoms with Crippen LogP contribution in [0.4, 0.5) is 11.5 Å². The van der Waals surface area contributed by atoms with Gasteiger partial charge in [-0.3, -0.25) is 0 Å². The maximum Gasteiger partial charge on any atom is 0.277 e. The highest BCUT2D eigenvalue weighted by molar-refractivity contribution is 8.10.